The summed E-state index contributed by atoms with van der Waals surface area (Å²) < 4.78 is 21.8. The van der Waals surface area contributed by atoms with Crippen LogP contribution in [0.4, 0.5) is 11.4 Å². The molecular formula is C23H18N2O6. The normalized spacial score (nSPS) is 13.1. The zero-order valence-electron chi connectivity index (χ0n) is 16.6. The predicted molar refractivity (Wildman–Crippen MR) is 111 cm³/mol. The second kappa shape index (κ2) is 7.56. The van der Waals surface area contributed by atoms with E-state index >= 15 is 0 Å². The number of benzene rings is 3. The van der Waals surface area contributed by atoms with Crippen LogP contribution in [0.25, 0.3) is 0 Å². The maximum atomic E-state index is 13.7. The number of ether oxygens (including phenoxy) is 4. The van der Waals surface area contributed by atoms with Crippen LogP contribution in [0.15, 0.2) is 60.7 Å². The van der Waals surface area contributed by atoms with E-state index in [9.17, 15) is 9.59 Å². The number of amides is 2. The average molecular weight is 418 g/mol. The van der Waals surface area contributed by atoms with Gasteiger partial charge in [-0.1, -0.05) is 6.07 Å². The molecule has 0 aromatic heterocycles. The molecule has 1 N–H and O–H groups in total. The molecule has 0 unspecified atom stereocenters. The number of nitrogens with zero attached hydrogens (tertiary/aromatic N) is 1. The Hall–Kier alpha value is -4.20. The summed E-state index contributed by atoms with van der Waals surface area (Å²) in [6, 6.07) is 17.1. The Balaban J connectivity index is 1.60. The fraction of sp³-hybridized carbons (Fsp3) is 0.130. The number of hydrogen-bond donors (Lipinski definition) is 1. The zero-order valence-corrected chi connectivity index (χ0v) is 16.6. The topological polar surface area (TPSA) is 86.3 Å². The van der Waals surface area contributed by atoms with Crippen LogP contribution >= 0.6 is 0 Å². The first-order chi connectivity index (χ1) is 15.1. The van der Waals surface area contributed by atoms with Crippen LogP contribution < -0.4 is 29.2 Å². The summed E-state index contributed by atoms with van der Waals surface area (Å²) in [5.74, 6) is 1.74. The highest BCUT2D eigenvalue weighted by Crippen LogP contribution is 2.41. The highest BCUT2D eigenvalue weighted by molar-refractivity contribution is 6.12. The molecule has 5 rings (SSSR count). The number of nitrogens with one attached hydrogen (secondary N) is 1. The largest absolute Gasteiger partial charge is 0.454 e. The molecule has 0 aliphatic carbocycles. The van der Waals surface area contributed by atoms with E-state index in [1.807, 2.05) is 0 Å². The lowest BCUT2D eigenvalue weighted by Crippen LogP contribution is -2.26. The molecule has 0 spiro atoms. The number of fused-ring (bicyclic) bond motifs is 2. The van der Waals surface area contributed by atoms with E-state index < -0.39 is 0 Å². The molecule has 8 nitrogen and oxygen atoms in total. The fourth-order valence-electron chi connectivity index (χ4n) is 3.50. The summed E-state index contributed by atoms with van der Waals surface area (Å²) in [5, 5.41) is 2.57. The third kappa shape index (κ3) is 3.38. The molecule has 2 amide bonds. The molecule has 156 valence electrons. The maximum Gasteiger partial charge on any atom is 0.262 e. The molecule has 2 aliphatic heterocycles. The van der Waals surface area contributed by atoms with Crippen molar-refractivity contribution in [3.05, 3.63) is 71.8 Å². The van der Waals surface area contributed by atoms with E-state index in [1.54, 1.807) is 67.7 Å². The smallest absolute Gasteiger partial charge is 0.262 e. The van der Waals surface area contributed by atoms with Crippen molar-refractivity contribution in [2.75, 3.05) is 25.5 Å². The standard InChI is InChI=1S/C23H18N2O6/c1-24-22(26)14-3-2-4-15(9-14)23(27)25(16-5-7-18-20(10-16)30-12-28-18)17-6-8-19-21(11-17)31-13-29-19/h2-11H,12-13H2,1H3,(H,24,26). The van der Waals surface area contributed by atoms with Crippen molar-refractivity contribution >= 4 is 23.2 Å². The van der Waals surface area contributed by atoms with Gasteiger partial charge in [0.05, 0.1) is 11.4 Å². The van der Waals surface area contributed by atoms with Gasteiger partial charge in [-0.05, 0) is 42.5 Å². The highest BCUT2D eigenvalue weighted by atomic mass is 16.7. The van der Waals surface area contributed by atoms with Crippen molar-refractivity contribution in [3.8, 4) is 23.0 Å². The summed E-state index contributed by atoms with van der Waals surface area (Å²) >= 11 is 0. The highest BCUT2D eigenvalue weighted by Gasteiger charge is 2.25. The molecule has 3 aromatic rings. The number of hydrogen-bond acceptors (Lipinski definition) is 6. The van der Waals surface area contributed by atoms with E-state index in [2.05, 4.69) is 5.32 Å². The third-order valence-electron chi connectivity index (χ3n) is 5.03. The Morgan fingerprint density at radius 1 is 0.742 bits per heavy atom. The Bertz CT molecular complexity index is 1130. The summed E-state index contributed by atoms with van der Waals surface area (Å²) in [6.45, 7) is 0.260. The molecule has 31 heavy (non-hydrogen) atoms. The Labute approximate surface area is 177 Å². The van der Waals surface area contributed by atoms with Gasteiger partial charge < -0.3 is 24.3 Å². The molecule has 0 fully saturated rings. The molecular weight excluding hydrogens is 400 g/mol. The minimum Gasteiger partial charge on any atom is -0.454 e. The Morgan fingerprint density at radius 2 is 1.29 bits per heavy atom. The van der Waals surface area contributed by atoms with Crippen LogP contribution in [0.1, 0.15) is 20.7 Å². The Morgan fingerprint density at radius 3 is 1.87 bits per heavy atom. The van der Waals surface area contributed by atoms with Crippen molar-refractivity contribution in [2.24, 2.45) is 0 Å². The van der Waals surface area contributed by atoms with Gasteiger partial charge >= 0.3 is 0 Å². The van der Waals surface area contributed by atoms with Crippen molar-refractivity contribution in [1.82, 2.24) is 5.32 Å². The van der Waals surface area contributed by atoms with Crippen LogP contribution in [-0.4, -0.2) is 32.4 Å². The van der Waals surface area contributed by atoms with Gasteiger partial charge in [-0.3, -0.25) is 14.5 Å². The lowest BCUT2D eigenvalue weighted by molar-refractivity contribution is 0.0963. The lowest BCUT2D eigenvalue weighted by Gasteiger charge is -2.24. The number of carbonyl (C=O) groups excluding carboxylic acids is 2. The van der Waals surface area contributed by atoms with E-state index in [4.69, 9.17) is 18.9 Å². The molecule has 0 saturated carbocycles. The van der Waals surface area contributed by atoms with Crippen molar-refractivity contribution in [1.29, 1.82) is 0 Å². The zero-order chi connectivity index (χ0) is 21.4. The Kier molecular flexibility index (Phi) is 4.59. The molecule has 8 heteroatoms. The van der Waals surface area contributed by atoms with Gasteiger partial charge in [0.25, 0.3) is 11.8 Å². The first-order valence-electron chi connectivity index (χ1n) is 9.60. The van der Waals surface area contributed by atoms with Crippen molar-refractivity contribution < 1.29 is 28.5 Å². The van der Waals surface area contributed by atoms with E-state index in [-0.39, 0.29) is 25.4 Å². The molecule has 2 heterocycles. The molecule has 0 bridgehead atoms. The lowest BCUT2D eigenvalue weighted by atomic mass is 10.1. The predicted octanol–water partition coefficient (Wildman–Crippen LogP) is 3.48. The van der Waals surface area contributed by atoms with Crippen LogP contribution in [0, 0.1) is 0 Å². The van der Waals surface area contributed by atoms with Crippen LogP contribution in [0.3, 0.4) is 0 Å². The maximum absolute atomic E-state index is 13.7. The van der Waals surface area contributed by atoms with Crippen molar-refractivity contribution in [3.63, 3.8) is 0 Å². The number of anilines is 2. The summed E-state index contributed by atoms with van der Waals surface area (Å²) in [7, 11) is 1.54. The van der Waals surface area contributed by atoms with Gasteiger partial charge in [-0.2, -0.15) is 0 Å². The average Bonchev–Trinajstić information content (AvgIpc) is 3.47. The van der Waals surface area contributed by atoms with Gasteiger partial charge in [0.1, 0.15) is 0 Å². The number of rotatable bonds is 4. The number of carbonyl (C=O) groups is 2. The molecule has 0 saturated heterocycles. The summed E-state index contributed by atoms with van der Waals surface area (Å²) in [5.41, 5.74) is 1.91. The van der Waals surface area contributed by atoms with E-state index in [1.165, 1.54) is 4.90 Å². The molecule has 0 atom stereocenters. The van der Waals surface area contributed by atoms with Gasteiger partial charge in [-0.25, -0.2) is 0 Å². The SMILES string of the molecule is CNC(=O)c1cccc(C(=O)N(c2ccc3c(c2)OCO3)c2ccc3c(c2)OCO3)c1. The second-order valence-electron chi connectivity index (χ2n) is 6.88. The fourth-order valence-corrected chi connectivity index (χ4v) is 3.50. The molecule has 3 aromatic carbocycles. The van der Waals surface area contributed by atoms with Gasteiger partial charge in [-0.15, -0.1) is 0 Å². The van der Waals surface area contributed by atoms with E-state index in [0.29, 0.717) is 45.5 Å². The minimum absolute atomic E-state index is 0.130. The second-order valence-corrected chi connectivity index (χ2v) is 6.88. The van der Waals surface area contributed by atoms with E-state index in [0.717, 1.165) is 0 Å². The minimum atomic E-state index is -0.316. The molecule has 0 radical (unpaired) electrons. The quantitative estimate of drug-likeness (QED) is 0.698. The third-order valence-corrected chi connectivity index (χ3v) is 5.03. The van der Waals surface area contributed by atoms with Gasteiger partial charge in [0.2, 0.25) is 13.6 Å². The first-order valence-corrected chi connectivity index (χ1v) is 9.60. The van der Waals surface area contributed by atoms with Gasteiger partial charge in [0, 0.05) is 30.3 Å². The monoisotopic (exact) mass is 418 g/mol. The molecule has 2 aliphatic rings. The van der Waals surface area contributed by atoms with Crippen LogP contribution in [0.5, 0.6) is 23.0 Å². The first kappa shape index (κ1) is 18.8. The van der Waals surface area contributed by atoms with Crippen LogP contribution in [0.2, 0.25) is 0 Å². The van der Waals surface area contributed by atoms with Crippen LogP contribution in [-0.2, 0) is 0 Å². The summed E-state index contributed by atoms with van der Waals surface area (Å²) in [6.07, 6.45) is 0. The van der Waals surface area contributed by atoms with Gasteiger partial charge in [0.15, 0.2) is 23.0 Å². The summed E-state index contributed by atoms with van der Waals surface area (Å²) in [4.78, 5) is 27.3. The van der Waals surface area contributed by atoms with Crippen molar-refractivity contribution in [2.45, 2.75) is 0 Å².